The van der Waals surface area contributed by atoms with Gasteiger partial charge in [0.15, 0.2) is 0 Å². The maximum Gasteiger partial charge on any atom is 0.123 e. The molecule has 0 aliphatic rings. The van der Waals surface area contributed by atoms with E-state index in [1.807, 2.05) is 0 Å². The van der Waals surface area contributed by atoms with Gasteiger partial charge in [-0.3, -0.25) is 0 Å². The number of rotatable bonds is 3. The van der Waals surface area contributed by atoms with E-state index in [2.05, 4.69) is 10.0 Å². The lowest BCUT2D eigenvalue weighted by Crippen LogP contribution is -1.84. The fourth-order valence-electron chi connectivity index (χ4n) is 1.66. The molecule has 0 saturated carbocycles. The SMILES string of the molecule is [N-]=[N+]=NCc1ccc(-c2ccc(F)cc2)c(O)c1. The van der Waals surface area contributed by atoms with Crippen molar-refractivity contribution < 1.29 is 9.50 Å². The van der Waals surface area contributed by atoms with Crippen LogP contribution in [0.1, 0.15) is 5.56 Å². The Kier molecular flexibility index (Phi) is 3.46. The van der Waals surface area contributed by atoms with Gasteiger partial charge in [-0.2, -0.15) is 0 Å². The summed E-state index contributed by atoms with van der Waals surface area (Å²) in [6.45, 7) is 0.188. The highest BCUT2D eigenvalue weighted by Gasteiger charge is 2.05. The Morgan fingerprint density at radius 3 is 2.50 bits per heavy atom. The molecule has 0 aliphatic heterocycles. The smallest absolute Gasteiger partial charge is 0.123 e. The fourth-order valence-corrected chi connectivity index (χ4v) is 1.66. The molecule has 0 amide bonds. The first-order valence-corrected chi connectivity index (χ1v) is 5.29. The summed E-state index contributed by atoms with van der Waals surface area (Å²) in [6, 6.07) is 10.9. The standard InChI is InChI=1S/C13H10FN3O/c14-11-4-2-10(3-5-11)12-6-1-9(7-13(12)18)8-16-17-15/h1-7,18H,8H2. The summed E-state index contributed by atoms with van der Waals surface area (Å²) in [7, 11) is 0. The molecule has 2 aromatic rings. The molecule has 0 fully saturated rings. The number of hydrogen-bond donors (Lipinski definition) is 1. The molecule has 1 N–H and O–H groups in total. The first-order chi connectivity index (χ1) is 8.70. The minimum atomic E-state index is -0.321. The number of phenolic OH excluding ortho intramolecular Hbond substituents is 1. The Morgan fingerprint density at radius 2 is 1.89 bits per heavy atom. The highest BCUT2D eigenvalue weighted by molar-refractivity contribution is 5.70. The number of azide groups is 1. The van der Waals surface area contributed by atoms with Crippen molar-refractivity contribution in [1.82, 2.24) is 0 Å². The molecule has 5 heteroatoms. The van der Waals surface area contributed by atoms with E-state index >= 15 is 0 Å². The third-order valence-electron chi connectivity index (χ3n) is 2.53. The molecule has 0 aromatic heterocycles. The van der Waals surface area contributed by atoms with Crippen molar-refractivity contribution in [3.8, 4) is 16.9 Å². The molecular weight excluding hydrogens is 233 g/mol. The summed E-state index contributed by atoms with van der Waals surface area (Å²) in [6.07, 6.45) is 0. The van der Waals surface area contributed by atoms with Crippen molar-refractivity contribution in [3.63, 3.8) is 0 Å². The number of aromatic hydroxyl groups is 1. The lowest BCUT2D eigenvalue weighted by molar-refractivity contribution is 0.476. The third-order valence-corrected chi connectivity index (χ3v) is 2.53. The van der Waals surface area contributed by atoms with Crippen LogP contribution in [-0.2, 0) is 6.54 Å². The van der Waals surface area contributed by atoms with Crippen LogP contribution < -0.4 is 0 Å². The first-order valence-electron chi connectivity index (χ1n) is 5.29. The fraction of sp³-hybridized carbons (Fsp3) is 0.0769. The van der Waals surface area contributed by atoms with Gasteiger partial charge in [-0.1, -0.05) is 29.4 Å². The third kappa shape index (κ3) is 2.59. The van der Waals surface area contributed by atoms with Gasteiger partial charge >= 0.3 is 0 Å². The molecule has 0 bridgehead atoms. The van der Waals surface area contributed by atoms with E-state index in [-0.39, 0.29) is 18.1 Å². The Hall–Kier alpha value is -2.52. The zero-order valence-corrected chi connectivity index (χ0v) is 9.42. The second kappa shape index (κ2) is 5.21. The maximum absolute atomic E-state index is 12.8. The Labute approximate surface area is 103 Å². The van der Waals surface area contributed by atoms with Gasteiger partial charge in [-0.05, 0) is 34.9 Å². The van der Waals surface area contributed by atoms with Crippen LogP contribution in [0.3, 0.4) is 0 Å². The second-order valence-electron chi connectivity index (χ2n) is 3.75. The van der Waals surface area contributed by atoms with E-state index in [9.17, 15) is 9.50 Å². The number of phenols is 1. The van der Waals surface area contributed by atoms with Crippen molar-refractivity contribution in [3.05, 3.63) is 64.3 Å². The highest BCUT2D eigenvalue weighted by atomic mass is 19.1. The number of hydrogen-bond acceptors (Lipinski definition) is 2. The Balaban J connectivity index is 2.35. The highest BCUT2D eigenvalue weighted by Crippen LogP contribution is 2.30. The zero-order valence-electron chi connectivity index (χ0n) is 9.42. The molecule has 0 radical (unpaired) electrons. The molecule has 18 heavy (non-hydrogen) atoms. The topological polar surface area (TPSA) is 69.0 Å². The molecule has 2 rings (SSSR count). The summed E-state index contributed by atoms with van der Waals surface area (Å²) in [5.74, 6) is -0.245. The van der Waals surface area contributed by atoms with Crippen molar-refractivity contribution in [2.75, 3.05) is 0 Å². The van der Waals surface area contributed by atoms with E-state index in [0.717, 1.165) is 11.1 Å². The summed E-state index contributed by atoms with van der Waals surface area (Å²) in [4.78, 5) is 2.65. The van der Waals surface area contributed by atoms with Crippen molar-refractivity contribution in [2.24, 2.45) is 5.11 Å². The molecule has 4 nitrogen and oxygen atoms in total. The van der Waals surface area contributed by atoms with Crippen molar-refractivity contribution in [1.29, 1.82) is 0 Å². The van der Waals surface area contributed by atoms with Gasteiger partial charge in [-0.15, -0.1) is 0 Å². The van der Waals surface area contributed by atoms with Crippen molar-refractivity contribution in [2.45, 2.75) is 6.54 Å². The van der Waals surface area contributed by atoms with Crippen LogP contribution in [0.2, 0.25) is 0 Å². The van der Waals surface area contributed by atoms with Crippen LogP contribution in [0.5, 0.6) is 5.75 Å². The molecule has 90 valence electrons. The summed E-state index contributed by atoms with van der Waals surface area (Å²) < 4.78 is 12.8. The number of halogens is 1. The second-order valence-corrected chi connectivity index (χ2v) is 3.75. The van der Waals surface area contributed by atoms with Crippen molar-refractivity contribution >= 4 is 0 Å². The maximum atomic E-state index is 12.8. The molecule has 0 unspecified atom stereocenters. The van der Waals surface area contributed by atoms with Gasteiger partial charge < -0.3 is 5.11 Å². The quantitative estimate of drug-likeness (QED) is 0.494. The number of nitrogens with zero attached hydrogens (tertiary/aromatic N) is 3. The molecule has 0 aliphatic carbocycles. The van der Waals surface area contributed by atoms with E-state index in [1.54, 1.807) is 24.3 Å². The van der Waals surface area contributed by atoms with Gasteiger partial charge in [0.2, 0.25) is 0 Å². The summed E-state index contributed by atoms with van der Waals surface area (Å²) in [5.41, 5.74) is 10.3. The van der Waals surface area contributed by atoms with Crippen LogP contribution >= 0.6 is 0 Å². The van der Waals surface area contributed by atoms with Crippen LogP contribution in [0.15, 0.2) is 47.6 Å². The van der Waals surface area contributed by atoms with E-state index in [4.69, 9.17) is 5.53 Å². The zero-order chi connectivity index (χ0) is 13.0. The average molecular weight is 243 g/mol. The van der Waals surface area contributed by atoms with Gasteiger partial charge in [0, 0.05) is 10.5 Å². The van der Waals surface area contributed by atoms with Crippen LogP contribution in [-0.4, -0.2) is 5.11 Å². The Bertz CT molecular complexity index is 604. The van der Waals surface area contributed by atoms with E-state index in [0.29, 0.717) is 5.56 Å². The average Bonchev–Trinajstić information content (AvgIpc) is 2.38. The van der Waals surface area contributed by atoms with Crippen LogP contribution in [0.4, 0.5) is 4.39 Å². The van der Waals surface area contributed by atoms with Gasteiger partial charge in [0.05, 0.1) is 6.54 Å². The predicted molar refractivity (Wildman–Crippen MR) is 66.4 cm³/mol. The molecule has 0 spiro atoms. The first kappa shape index (κ1) is 12.0. The van der Waals surface area contributed by atoms with E-state index < -0.39 is 0 Å². The largest absolute Gasteiger partial charge is 0.507 e. The molecular formula is C13H10FN3O. The van der Waals surface area contributed by atoms with Crippen LogP contribution in [0, 0.1) is 5.82 Å². The summed E-state index contributed by atoms with van der Waals surface area (Å²) in [5, 5.41) is 13.3. The lowest BCUT2D eigenvalue weighted by atomic mass is 10.0. The Morgan fingerprint density at radius 1 is 1.17 bits per heavy atom. The van der Waals surface area contributed by atoms with E-state index in [1.165, 1.54) is 18.2 Å². The normalized spacial score (nSPS) is 9.83. The van der Waals surface area contributed by atoms with Gasteiger partial charge in [0.1, 0.15) is 11.6 Å². The monoisotopic (exact) mass is 243 g/mol. The van der Waals surface area contributed by atoms with Gasteiger partial charge in [-0.25, -0.2) is 4.39 Å². The lowest BCUT2D eigenvalue weighted by Gasteiger charge is -2.06. The minimum Gasteiger partial charge on any atom is -0.507 e. The summed E-state index contributed by atoms with van der Waals surface area (Å²) >= 11 is 0. The molecule has 0 saturated heterocycles. The molecule has 0 atom stereocenters. The molecule has 2 aromatic carbocycles. The van der Waals surface area contributed by atoms with Crippen LogP contribution in [0.25, 0.3) is 21.6 Å². The predicted octanol–water partition coefficient (Wildman–Crippen LogP) is 4.01. The molecule has 0 heterocycles. The minimum absolute atomic E-state index is 0.0762. The number of benzene rings is 2. The van der Waals surface area contributed by atoms with Gasteiger partial charge in [0.25, 0.3) is 0 Å².